The number of hydrogen-bond donors (Lipinski definition) is 1. The molecule has 0 bridgehead atoms. The van der Waals surface area contributed by atoms with Gasteiger partial charge in [0.2, 0.25) is 19.0 Å². The fourth-order valence-corrected chi connectivity index (χ4v) is 5.80. The van der Waals surface area contributed by atoms with Crippen LogP contribution in [0.25, 0.3) is 0 Å². The Morgan fingerprint density at radius 2 is 1.71 bits per heavy atom. The lowest BCUT2D eigenvalue weighted by atomic mass is 9.77. The minimum Gasteiger partial charge on any atom is -0.481 e. The molecule has 1 aromatic carbocycles. The van der Waals surface area contributed by atoms with Gasteiger partial charge in [0.1, 0.15) is 12.5 Å². The lowest BCUT2D eigenvalue weighted by Crippen LogP contribution is -2.47. The molecule has 1 N–H and O–H groups in total. The van der Waals surface area contributed by atoms with Gasteiger partial charge in [0, 0.05) is 37.0 Å². The molecule has 0 aliphatic carbocycles. The highest BCUT2D eigenvalue weighted by Crippen LogP contribution is 2.46. The van der Waals surface area contributed by atoms with Gasteiger partial charge in [-0.05, 0) is 37.0 Å². The number of hydrogen-bond acceptors (Lipinski definition) is 7. The molecule has 3 atom stereocenters. The third kappa shape index (κ3) is 6.20. The third-order valence-electron chi connectivity index (χ3n) is 7.95. The first-order chi connectivity index (χ1) is 18.2. The number of likely N-dealkylation sites (tertiary alicyclic amines) is 1. The van der Waals surface area contributed by atoms with Crippen LogP contribution in [0.5, 0.6) is 11.5 Å². The smallest absolute Gasteiger partial charge is 0.308 e. The maximum atomic E-state index is 13.6. The zero-order valence-corrected chi connectivity index (χ0v) is 23.1. The zero-order valence-electron chi connectivity index (χ0n) is 23.1. The van der Waals surface area contributed by atoms with Crippen LogP contribution in [-0.4, -0.2) is 72.1 Å². The summed E-state index contributed by atoms with van der Waals surface area (Å²) in [5.41, 5.74) is 0.389. The van der Waals surface area contributed by atoms with Crippen LogP contribution in [0.3, 0.4) is 0 Å². The summed E-state index contributed by atoms with van der Waals surface area (Å²) in [6, 6.07) is 5.27. The minimum atomic E-state index is -0.872. The van der Waals surface area contributed by atoms with Gasteiger partial charge in [-0.2, -0.15) is 0 Å². The molecule has 3 heterocycles. The van der Waals surface area contributed by atoms with Crippen LogP contribution >= 0.6 is 0 Å². The van der Waals surface area contributed by atoms with Crippen LogP contribution in [0.2, 0.25) is 0 Å². The molecule has 0 spiro atoms. The second-order valence-electron chi connectivity index (χ2n) is 11.2. The molecule has 38 heavy (non-hydrogen) atoms. The van der Waals surface area contributed by atoms with Crippen molar-refractivity contribution >= 4 is 11.9 Å². The van der Waals surface area contributed by atoms with Gasteiger partial charge >= 0.3 is 5.97 Å². The molecule has 1 fully saturated rings. The van der Waals surface area contributed by atoms with Crippen LogP contribution in [-0.2, 0) is 19.1 Å². The number of nitrogens with zero attached hydrogens (tertiary/aromatic N) is 2. The Kier molecular flexibility index (Phi) is 9.07. The van der Waals surface area contributed by atoms with Crippen molar-refractivity contribution in [3.63, 3.8) is 0 Å². The molecule has 1 saturated heterocycles. The third-order valence-corrected chi connectivity index (χ3v) is 7.95. The van der Waals surface area contributed by atoms with Crippen molar-refractivity contribution in [2.45, 2.75) is 78.0 Å². The fraction of sp³-hybridized carbons (Fsp3) is 0.655. The highest BCUT2D eigenvalue weighted by Gasteiger charge is 2.51. The first-order valence-electron chi connectivity index (χ1n) is 13.8. The molecule has 1 aromatic rings. The molecule has 3 aliphatic rings. The van der Waals surface area contributed by atoms with Gasteiger partial charge in [0.05, 0.1) is 12.5 Å². The number of fused-ring (bicyclic) bond motifs is 1. The monoisotopic (exact) mass is 530 g/mol. The fourth-order valence-electron chi connectivity index (χ4n) is 5.80. The van der Waals surface area contributed by atoms with E-state index in [1.807, 2.05) is 36.9 Å². The molecule has 0 unspecified atom stereocenters. The van der Waals surface area contributed by atoms with E-state index in [9.17, 15) is 14.7 Å². The lowest BCUT2D eigenvalue weighted by molar-refractivity contribution is -0.146. The van der Waals surface area contributed by atoms with E-state index in [1.54, 1.807) is 0 Å². The molecule has 4 rings (SSSR count). The summed E-state index contributed by atoms with van der Waals surface area (Å²) in [7, 11) is 0. The summed E-state index contributed by atoms with van der Waals surface area (Å²) in [4.78, 5) is 30.4. The summed E-state index contributed by atoms with van der Waals surface area (Å²) in [6.07, 6.45) is 6.95. The highest BCUT2D eigenvalue weighted by atomic mass is 16.7. The SMILES string of the molecule is CCCCN(CCCC)C(=O)CN1C[C@H](c2ccc3c(c2)OCO3)[C@@H](C(=O)O)[C@@H]1CC(C)(C)C1OC=CO1. The van der Waals surface area contributed by atoms with E-state index in [2.05, 4.69) is 18.7 Å². The Balaban J connectivity index is 1.62. The highest BCUT2D eigenvalue weighted by molar-refractivity contribution is 5.79. The molecular formula is C29H42N2O7. The molecule has 0 radical (unpaired) electrons. The van der Waals surface area contributed by atoms with E-state index in [1.165, 1.54) is 12.5 Å². The van der Waals surface area contributed by atoms with E-state index in [-0.39, 0.29) is 31.2 Å². The number of aliphatic carboxylic acids is 1. The summed E-state index contributed by atoms with van der Waals surface area (Å²) in [6.45, 7) is 10.5. The Morgan fingerprint density at radius 1 is 1.05 bits per heavy atom. The van der Waals surface area contributed by atoms with E-state index >= 15 is 0 Å². The molecular weight excluding hydrogens is 488 g/mol. The predicted octanol–water partition coefficient (Wildman–Crippen LogP) is 4.57. The number of carbonyl (C=O) groups is 2. The number of amides is 1. The average Bonchev–Trinajstić information content (AvgIpc) is 3.64. The molecule has 0 saturated carbocycles. The van der Waals surface area contributed by atoms with Crippen molar-refractivity contribution in [1.29, 1.82) is 0 Å². The van der Waals surface area contributed by atoms with Gasteiger partial charge in [0.15, 0.2) is 11.5 Å². The summed E-state index contributed by atoms with van der Waals surface area (Å²) >= 11 is 0. The van der Waals surface area contributed by atoms with Gasteiger partial charge in [0.25, 0.3) is 0 Å². The molecule has 1 amide bonds. The van der Waals surface area contributed by atoms with Crippen molar-refractivity contribution in [3.05, 3.63) is 36.3 Å². The molecule has 9 nitrogen and oxygen atoms in total. The Labute approximate surface area is 225 Å². The summed E-state index contributed by atoms with van der Waals surface area (Å²) in [5, 5.41) is 10.5. The lowest BCUT2D eigenvalue weighted by Gasteiger charge is -2.37. The number of rotatable bonds is 13. The number of ether oxygens (including phenoxy) is 4. The second-order valence-corrected chi connectivity index (χ2v) is 11.2. The average molecular weight is 531 g/mol. The van der Waals surface area contributed by atoms with Gasteiger partial charge < -0.3 is 29.0 Å². The maximum absolute atomic E-state index is 13.6. The van der Waals surface area contributed by atoms with Crippen LogP contribution in [0, 0.1) is 11.3 Å². The van der Waals surface area contributed by atoms with Crippen LogP contribution < -0.4 is 9.47 Å². The van der Waals surface area contributed by atoms with E-state index < -0.39 is 23.6 Å². The molecule has 3 aliphatic heterocycles. The number of unbranched alkanes of at least 4 members (excludes halogenated alkanes) is 2. The van der Waals surface area contributed by atoms with Crippen molar-refractivity contribution in [2.24, 2.45) is 11.3 Å². The Morgan fingerprint density at radius 3 is 2.34 bits per heavy atom. The second kappa shape index (κ2) is 12.3. The van der Waals surface area contributed by atoms with Gasteiger partial charge in [-0.15, -0.1) is 0 Å². The summed E-state index contributed by atoms with van der Waals surface area (Å²) < 4.78 is 22.4. The first-order valence-corrected chi connectivity index (χ1v) is 13.8. The first kappa shape index (κ1) is 28.1. The predicted molar refractivity (Wildman–Crippen MR) is 142 cm³/mol. The number of carboxylic acid groups (broad SMARTS) is 1. The van der Waals surface area contributed by atoms with Crippen LogP contribution in [0.4, 0.5) is 0 Å². The topological polar surface area (TPSA) is 97.8 Å². The summed E-state index contributed by atoms with van der Waals surface area (Å²) in [5.74, 6) is -0.546. The molecule has 9 heteroatoms. The van der Waals surface area contributed by atoms with Gasteiger partial charge in [-0.3, -0.25) is 14.5 Å². The molecule has 210 valence electrons. The maximum Gasteiger partial charge on any atom is 0.308 e. The number of benzene rings is 1. The van der Waals surface area contributed by atoms with Crippen molar-refractivity contribution in [3.8, 4) is 11.5 Å². The van der Waals surface area contributed by atoms with Gasteiger partial charge in [-0.25, -0.2) is 0 Å². The van der Waals surface area contributed by atoms with Crippen LogP contribution in [0.1, 0.15) is 71.3 Å². The Bertz CT molecular complexity index is 995. The van der Waals surface area contributed by atoms with Crippen molar-refractivity contribution in [2.75, 3.05) is 33.0 Å². The van der Waals surface area contributed by atoms with E-state index in [0.29, 0.717) is 24.5 Å². The Hall–Kier alpha value is -2.94. The largest absolute Gasteiger partial charge is 0.481 e. The minimum absolute atomic E-state index is 0.0558. The standard InChI is InChI=1S/C29H42N2O7/c1-5-7-11-30(12-8-6-2)25(32)18-31-17-21(20-9-10-23-24(15-20)38-19-37-23)26(27(33)34)22(31)16-29(3,4)28-35-13-14-36-28/h9-10,13-15,21-22,26,28H,5-8,11-12,16-19H2,1-4H3,(H,33,34)/t21-,22+,26-/m1/s1. The number of carbonyl (C=O) groups excluding carboxylic acids is 1. The van der Waals surface area contributed by atoms with Crippen molar-refractivity contribution in [1.82, 2.24) is 9.80 Å². The van der Waals surface area contributed by atoms with E-state index in [0.717, 1.165) is 44.3 Å². The zero-order chi connectivity index (χ0) is 27.3. The van der Waals surface area contributed by atoms with Crippen molar-refractivity contribution < 1.29 is 33.6 Å². The van der Waals surface area contributed by atoms with E-state index in [4.69, 9.17) is 18.9 Å². The van der Waals surface area contributed by atoms with Crippen LogP contribution in [0.15, 0.2) is 30.7 Å². The van der Waals surface area contributed by atoms with Gasteiger partial charge in [-0.1, -0.05) is 46.6 Å². The quantitative estimate of drug-likeness (QED) is 0.396. The number of carboxylic acids is 1. The normalized spacial score (nSPS) is 22.9. The molecule has 0 aromatic heterocycles.